The van der Waals surface area contributed by atoms with E-state index in [1.807, 2.05) is 33.0 Å². The van der Waals surface area contributed by atoms with Crippen LogP contribution in [0.25, 0.3) is 0 Å². The molecule has 2 aliphatic heterocycles. The van der Waals surface area contributed by atoms with Gasteiger partial charge in [-0.1, -0.05) is 6.07 Å². The van der Waals surface area contributed by atoms with E-state index in [0.717, 1.165) is 51.6 Å². The maximum Gasteiger partial charge on any atom is 0.282 e. The SMILES string of the molecule is CCN(C(=O)c1cc(F)ccc1Oc1nnc(Cl)nc1N1CC2(CCC(CN3CCN(c4ccccn4)CC3)CC2)C1)C(C)C. The standard InChI is InChI=1S/C33H42ClFN8O2/c1-4-43(23(2)3)31(44)26-19-25(35)8-9-27(26)45-30-29(37-32(34)39-38-30)42-21-33(22-42)12-10-24(11-13-33)20-40-15-17-41(18-16-40)28-7-5-6-14-36-28/h5-9,14,19,23-24H,4,10-13,15-18,20-22H2,1-3H3. The van der Waals surface area contributed by atoms with Crippen molar-refractivity contribution in [1.82, 2.24) is 30.0 Å². The molecule has 1 amide bonds. The van der Waals surface area contributed by atoms with Gasteiger partial charge in [0.2, 0.25) is 5.28 Å². The molecule has 45 heavy (non-hydrogen) atoms. The van der Waals surface area contributed by atoms with E-state index in [4.69, 9.17) is 16.3 Å². The molecule has 2 aromatic heterocycles. The minimum atomic E-state index is -0.516. The molecule has 10 nitrogen and oxygen atoms in total. The number of halogens is 2. The third-order valence-corrected chi connectivity index (χ3v) is 9.76. The first-order valence-corrected chi connectivity index (χ1v) is 16.4. The van der Waals surface area contributed by atoms with Gasteiger partial charge in [-0.05, 0) is 94.3 Å². The highest BCUT2D eigenvalue weighted by Crippen LogP contribution is 2.48. The van der Waals surface area contributed by atoms with Crippen LogP contribution in [0.15, 0.2) is 42.6 Å². The Bertz CT molecular complexity index is 1470. The summed E-state index contributed by atoms with van der Waals surface area (Å²) >= 11 is 6.19. The molecule has 12 heteroatoms. The molecule has 1 aromatic carbocycles. The van der Waals surface area contributed by atoms with E-state index in [-0.39, 0.29) is 39.8 Å². The molecule has 2 saturated heterocycles. The zero-order chi connectivity index (χ0) is 31.6. The largest absolute Gasteiger partial charge is 0.434 e. The Kier molecular flexibility index (Phi) is 9.37. The van der Waals surface area contributed by atoms with Crippen molar-refractivity contribution in [3.8, 4) is 11.6 Å². The second-order valence-corrected chi connectivity index (χ2v) is 13.3. The number of pyridine rings is 1. The van der Waals surface area contributed by atoms with E-state index < -0.39 is 5.82 Å². The third-order valence-electron chi connectivity index (χ3n) is 9.60. The molecule has 3 aliphatic rings. The molecular weight excluding hydrogens is 595 g/mol. The van der Waals surface area contributed by atoms with Crippen LogP contribution in [-0.2, 0) is 0 Å². The number of anilines is 2. The summed E-state index contributed by atoms with van der Waals surface area (Å²) in [6, 6.07) is 9.98. The van der Waals surface area contributed by atoms with Crippen LogP contribution in [-0.4, -0.2) is 94.3 Å². The summed E-state index contributed by atoms with van der Waals surface area (Å²) in [5.74, 6) is 1.81. The predicted octanol–water partition coefficient (Wildman–Crippen LogP) is 5.54. The number of carbonyl (C=O) groups excluding carboxylic acids is 1. The summed E-state index contributed by atoms with van der Waals surface area (Å²) in [6.07, 6.45) is 6.63. The zero-order valence-electron chi connectivity index (χ0n) is 26.3. The molecule has 0 radical (unpaired) electrons. The summed E-state index contributed by atoms with van der Waals surface area (Å²) in [4.78, 5) is 31.1. The molecule has 1 aliphatic carbocycles. The first-order valence-electron chi connectivity index (χ1n) is 16.1. The lowest BCUT2D eigenvalue weighted by atomic mass is 9.66. The number of hydrogen-bond acceptors (Lipinski definition) is 9. The van der Waals surface area contributed by atoms with E-state index in [1.54, 1.807) is 4.90 Å². The first-order chi connectivity index (χ1) is 21.7. The fourth-order valence-electron chi connectivity index (χ4n) is 7.09. The lowest BCUT2D eigenvalue weighted by Crippen LogP contribution is -2.58. The predicted molar refractivity (Wildman–Crippen MR) is 173 cm³/mol. The van der Waals surface area contributed by atoms with Crippen molar-refractivity contribution >= 4 is 29.1 Å². The number of carbonyl (C=O) groups is 1. The van der Waals surface area contributed by atoms with Crippen molar-refractivity contribution in [2.24, 2.45) is 11.3 Å². The molecule has 0 atom stereocenters. The molecular formula is C33H42ClFN8O2. The Balaban J connectivity index is 1.06. The number of piperazine rings is 1. The van der Waals surface area contributed by atoms with Gasteiger partial charge in [0.15, 0.2) is 5.82 Å². The Morgan fingerprint density at radius 2 is 1.84 bits per heavy atom. The van der Waals surface area contributed by atoms with Crippen molar-refractivity contribution in [2.75, 3.05) is 62.2 Å². The smallest absolute Gasteiger partial charge is 0.282 e. The van der Waals surface area contributed by atoms with Gasteiger partial charge in [0.1, 0.15) is 17.4 Å². The van der Waals surface area contributed by atoms with E-state index >= 15 is 0 Å². The lowest BCUT2D eigenvalue weighted by molar-refractivity contribution is 0.0713. The van der Waals surface area contributed by atoms with E-state index in [9.17, 15) is 9.18 Å². The number of nitrogens with zero attached hydrogens (tertiary/aromatic N) is 8. The molecule has 1 saturated carbocycles. The average molecular weight is 637 g/mol. The van der Waals surface area contributed by atoms with Gasteiger partial charge in [-0.2, -0.15) is 4.98 Å². The van der Waals surface area contributed by atoms with Gasteiger partial charge in [-0.15, -0.1) is 10.2 Å². The number of amides is 1. The highest BCUT2D eigenvalue weighted by Gasteiger charge is 2.47. The van der Waals surface area contributed by atoms with Crippen LogP contribution in [0.2, 0.25) is 5.28 Å². The highest BCUT2D eigenvalue weighted by atomic mass is 35.5. The van der Waals surface area contributed by atoms with Crippen molar-refractivity contribution < 1.29 is 13.9 Å². The molecule has 0 bridgehead atoms. The fourth-order valence-corrected chi connectivity index (χ4v) is 7.21. The lowest BCUT2D eigenvalue weighted by Gasteiger charge is -2.54. The average Bonchev–Trinajstić information content (AvgIpc) is 3.03. The molecule has 3 aromatic rings. The Morgan fingerprint density at radius 3 is 2.51 bits per heavy atom. The number of aromatic nitrogens is 4. The second-order valence-electron chi connectivity index (χ2n) is 12.9. The minimum absolute atomic E-state index is 0.0255. The molecule has 240 valence electrons. The molecule has 0 unspecified atom stereocenters. The van der Waals surface area contributed by atoms with Crippen LogP contribution < -0.4 is 14.5 Å². The molecule has 3 fully saturated rings. The number of ether oxygens (including phenoxy) is 1. The van der Waals surface area contributed by atoms with Gasteiger partial charge in [0, 0.05) is 70.0 Å². The molecule has 1 spiro atoms. The van der Waals surface area contributed by atoms with Gasteiger partial charge < -0.3 is 19.4 Å². The van der Waals surface area contributed by atoms with E-state index in [1.165, 1.54) is 43.9 Å². The quantitative estimate of drug-likeness (QED) is 0.300. The number of rotatable bonds is 9. The van der Waals surface area contributed by atoms with Crippen LogP contribution in [0.4, 0.5) is 16.0 Å². The highest BCUT2D eigenvalue weighted by molar-refractivity contribution is 6.28. The fraction of sp³-hybridized carbons (Fsp3) is 0.545. The molecule has 0 N–H and O–H groups in total. The van der Waals surface area contributed by atoms with Gasteiger partial charge in [-0.3, -0.25) is 9.69 Å². The third kappa shape index (κ3) is 6.99. The van der Waals surface area contributed by atoms with Crippen molar-refractivity contribution in [1.29, 1.82) is 0 Å². The van der Waals surface area contributed by atoms with Crippen LogP contribution in [0, 0.1) is 17.2 Å². The van der Waals surface area contributed by atoms with Crippen LogP contribution in [0.5, 0.6) is 11.6 Å². The normalized spacial score (nSPS) is 18.7. The second kappa shape index (κ2) is 13.4. The number of hydrogen-bond donors (Lipinski definition) is 0. The summed E-state index contributed by atoms with van der Waals surface area (Å²) in [5, 5.41) is 8.13. The van der Waals surface area contributed by atoms with Crippen LogP contribution in [0.1, 0.15) is 56.8 Å². The van der Waals surface area contributed by atoms with Crippen LogP contribution >= 0.6 is 11.6 Å². The van der Waals surface area contributed by atoms with Gasteiger partial charge in [0.25, 0.3) is 11.8 Å². The van der Waals surface area contributed by atoms with E-state index in [0.29, 0.717) is 18.3 Å². The maximum atomic E-state index is 14.3. The van der Waals surface area contributed by atoms with Gasteiger partial charge >= 0.3 is 0 Å². The summed E-state index contributed by atoms with van der Waals surface area (Å²) in [7, 11) is 0. The summed E-state index contributed by atoms with van der Waals surface area (Å²) in [6.45, 7) is 13.2. The summed E-state index contributed by atoms with van der Waals surface area (Å²) in [5.41, 5.74) is 0.364. The van der Waals surface area contributed by atoms with Gasteiger partial charge in [-0.25, -0.2) is 9.37 Å². The Morgan fingerprint density at radius 1 is 1.09 bits per heavy atom. The molecule has 6 rings (SSSR count). The molecule has 4 heterocycles. The summed E-state index contributed by atoms with van der Waals surface area (Å²) < 4.78 is 20.4. The Hall–Kier alpha value is -3.57. The minimum Gasteiger partial charge on any atom is -0.434 e. The Labute approximate surface area is 269 Å². The zero-order valence-corrected chi connectivity index (χ0v) is 27.1. The van der Waals surface area contributed by atoms with Crippen LogP contribution in [0.3, 0.4) is 0 Å². The van der Waals surface area contributed by atoms with E-state index in [2.05, 4.69) is 47.0 Å². The monoisotopic (exact) mass is 636 g/mol. The van der Waals surface area contributed by atoms with Crippen molar-refractivity contribution in [2.45, 2.75) is 52.5 Å². The number of benzene rings is 1. The first kappa shape index (κ1) is 31.4. The van der Waals surface area contributed by atoms with Crippen molar-refractivity contribution in [3.63, 3.8) is 0 Å². The van der Waals surface area contributed by atoms with Crippen molar-refractivity contribution in [3.05, 3.63) is 59.3 Å². The van der Waals surface area contributed by atoms with Gasteiger partial charge in [0.05, 0.1) is 5.56 Å². The topological polar surface area (TPSA) is 90.8 Å². The maximum absolute atomic E-state index is 14.3.